The molecule has 0 saturated heterocycles. The number of ether oxygens (including phenoxy) is 1. The van der Waals surface area contributed by atoms with Gasteiger partial charge in [-0.3, -0.25) is 4.98 Å². The Morgan fingerprint density at radius 1 is 1.00 bits per heavy atom. The van der Waals surface area contributed by atoms with E-state index in [1.165, 1.54) is 18.3 Å². The summed E-state index contributed by atoms with van der Waals surface area (Å²) in [5, 5.41) is 9.18. The minimum Gasteiger partial charge on any atom is -0.488 e. The van der Waals surface area contributed by atoms with E-state index in [1.54, 1.807) is 0 Å². The first-order valence-corrected chi connectivity index (χ1v) is 9.68. The average molecular weight is 444 g/mol. The summed E-state index contributed by atoms with van der Waals surface area (Å²) in [6, 6.07) is 5.16. The fourth-order valence-electron chi connectivity index (χ4n) is 3.65. The van der Waals surface area contributed by atoms with Gasteiger partial charge in [0.25, 0.3) is 0 Å². The fourth-order valence-corrected chi connectivity index (χ4v) is 3.65. The van der Waals surface area contributed by atoms with Crippen LogP contribution in [0.3, 0.4) is 0 Å². The maximum Gasteiger partial charge on any atom is 0.356 e. The molecule has 0 radical (unpaired) electrons. The highest BCUT2D eigenvalue weighted by molar-refractivity contribution is 5.94. The van der Waals surface area contributed by atoms with Crippen molar-refractivity contribution in [3.63, 3.8) is 0 Å². The Morgan fingerprint density at radius 3 is 2.53 bits per heavy atom. The van der Waals surface area contributed by atoms with E-state index in [0.29, 0.717) is 47.7 Å². The number of aromatic carboxylic acids is 1. The minimum absolute atomic E-state index is 0.145. The molecule has 32 heavy (non-hydrogen) atoms. The van der Waals surface area contributed by atoms with E-state index in [9.17, 15) is 27.5 Å². The molecular weight excluding hydrogens is 428 g/mol. The van der Waals surface area contributed by atoms with Crippen LogP contribution in [0.2, 0.25) is 0 Å². The number of halogens is 4. The van der Waals surface area contributed by atoms with E-state index >= 15 is 0 Å². The van der Waals surface area contributed by atoms with Crippen LogP contribution in [0.4, 0.5) is 17.6 Å². The number of hydrogen-bond acceptors (Lipinski definition) is 4. The van der Waals surface area contributed by atoms with Crippen LogP contribution in [-0.2, 0) is 6.61 Å². The van der Waals surface area contributed by atoms with Gasteiger partial charge in [0.2, 0.25) is 0 Å². The second-order valence-corrected chi connectivity index (χ2v) is 7.16. The van der Waals surface area contributed by atoms with Gasteiger partial charge in [0, 0.05) is 5.56 Å². The topological polar surface area (TPSA) is 72.3 Å². The predicted molar refractivity (Wildman–Crippen MR) is 107 cm³/mol. The highest BCUT2D eigenvalue weighted by atomic mass is 19.2. The molecule has 9 heteroatoms. The van der Waals surface area contributed by atoms with Gasteiger partial charge in [-0.15, -0.1) is 0 Å². The number of rotatable bonds is 6. The van der Waals surface area contributed by atoms with Crippen molar-refractivity contribution in [3.8, 4) is 5.75 Å². The van der Waals surface area contributed by atoms with Crippen LogP contribution in [0.25, 0.3) is 11.1 Å². The summed E-state index contributed by atoms with van der Waals surface area (Å²) in [6.45, 7) is -0.606. The van der Waals surface area contributed by atoms with Crippen molar-refractivity contribution in [1.29, 1.82) is 0 Å². The van der Waals surface area contributed by atoms with Gasteiger partial charge in [0.15, 0.2) is 17.3 Å². The van der Waals surface area contributed by atoms with E-state index < -0.39 is 41.4 Å². The average Bonchev–Trinajstić information content (AvgIpc) is 3.27. The van der Waals surface area contributed by atoms with Crippen molar-refractivity contribution in [2.24, 2.45) is 0 Å². The highest BCUT2D eigenvalue weighted by Crippen LogP contribution is 2.42. The number of hydrogen-bond donors (Lipinski definition) is 1. The van der Waals surface area contributed by atoms with Gasteiger partial charge < -0.3 is 9.84 Å². The second-order valence-electron chi connectivity index (χ2n) is 7.16. The minimum atomic E-state index is -1.35. The summed E-state index contributed by atoms with van der Waals surface area (Å²) >= 11 is 0. The van der Waals surface area contributed by atoms with Crippen LogP contribution in [0.5, 0.6) is 5.75 Å². The molecule has 164 valence electrons. The van der Waals surface area contributed by atoms with E-state index in [2.05, 4.69) is 9.97 Å². The first kappa shape index (κ1) is 21.5. The molecule has 1 heterocycles. The van der Waals surface area contributed by atoms with Crippen molar-refractivity contribution in [2.75, 3.05) is 0 Å². The lowest BCUT2D eigenvalue weighted by atomic mass is 9.99. The third-order valence-electron chi connectivity index (χ3n) is 5.16. The smallest absolute Gasteiger partial charge is 0.356 e. The van der Waals surface area contributed by atoms with E-state index in [-0.39, 0.29) is 11.4 Å². The molecule has 1 aliphatic rings. The Morgan fingerprint density at radius 2 is 1.75 bits per heavy atom. The molecule has 0 spiro atoms. The summed E-state index contributed by atoms with van der Waals surface area (Å²) in [7, 11) is 0. The molecular formula is C23H16F4N2O3. The van der Waals surface area contributed by atoms with Gasteiger partial charge in [-0.1, -0.05) is 0 Å². The Kier molecular flexibility index (Phi) is 5.89. The lowest BCUT2D eigenvalue weighted by Crippen LogP contribution is -2.06. The van der Waals surface area contributed by atoms with E-state index in [4.69, 9.17) is 4.74 Å². The van der Waals surface area contributed by atoms with E-state index in [1.807, 2.05) is 0 Å². The molecule has 4 rings (SSSR count). The van der Waals surface area contributed by atoms with Crippen molar-refractivity contribution in [1.82, 2.24) is 9.97 Å². The number of benzene rings is 2. The Balaban J connectivity index is 1.73. The first-order chi connectivity index (χ1) is 15.3. The molecule has 0 aliphatic heterocycles. The summed E-state index contributed by atoms with van der Waals surface area (Å²) < 4.78 is 61.1. The monoisotopic (exact) mass is 444 g/mol. The zero-order valence-corrected chi connectivity index (χ0v) is 16.5. The largest absolute Gasteiger partial charge is 0.488 e. The summed E-state index contributed by atoms with van der Waals surface area (Å²) in [6.07, 6.45) is 4.32. The number of allylic oxidation sites excluding steroid dienone is 2. The number of carbonyl (C=O) groups is 1. The van der Waals surface area contributed by atoms with Crippen molar-refractivity contribution >= 4 is 17.1 Å². The van der Waals surface area contributed by atoms with Gasteiger partial charge in [-0.25, -0.2) is 27.3 Å². The first-order valence-electron chi connectivity index (χ1n) is 9.68. The SMILES string of the molecule is O=C(O)c1cncc(C2=C(c3cc(F)ccc3OCc3c(F)ccc(F)c3F)CCC2)n1. The zero-order valence-electron chi connectivity index (χ0n) is 16.5. The number of carboxylic acid groups (broad SMARTS) is 1. The lowest BCUT2D eigenvalue weighted by molar-refractivity contribution is 0.0690. The van der Waals surface area contributed by atoms with Crippen molar-refractivity contribution in [2.45, 2.75) is 25.9 Å². The van der Waals surface area contributed by atoms with Gasteiger partial charge in [-0.2, -0.15) is 0 Å². The summed E-state index contributed by atoms with van der Waals surface area (Å²) in [4.78, 5) is 19.3. The molecule has 0 fully saturated rings. The van der Waals surface area contributed by atoms with Gasteiger partial charge in [-0.05, 0) is 60.7 Å². The molecule has 1 aliphatic carbocycles. The molecule has 2 aromatic carbocycles. The second kappa shape index (κ2) is 8.78. The van der Waals surface area contributed by atoms with E-state index in [0.717, 1.165) is 18.3 Å². The number of nitrogens with zero attached hydrogens (tertiary/aromatic N) is 2. The summed E-state index contributed by atoms with van der Waals surface area (Å²) in [5.74, 6) is -5.16. The molecule has 0 bridgehead atoms. The maximum absolute atomic E-state index is 14.1. The Bertz CT molecular complexity index is 1240. The molecule has 3 aromatic rings. The van der Waals surface area contributed by atoms with Crippen LogP contribution in [0.15, 0.2) is 42.7 Å². The molecule has 5 nitrogen and oxygen atoms in total. The molecule has 0 saturated carbocycles. The molecule has 1 N–H and O–H groups in total. The normalized spacial score (nSPS) is 13.5. The van der Waals surface area contributed by atoms with Crippen LogP contribution in [0, 0.1) is 23.3 Å². The quantitative estimate of drug-likeness (QED) is 0.407. The maximum atomic E-state index is 14.1. The molecule has 0 unspecified atom stereocenters. The van der Waals surface area contributed by atoms with Gasteiger partial charge in [0.1, 0.15) is 24.0 Å². The third-order valence-corrected chi connectivity index (χ3v) is 5.16. The highest BCUT2D eigenvalue weighted by Gasteiger charge is 2.24. The standard InChI is InChI=1S/C23H16F4N2O3/c24-12-4-7-21(32-11-16-17(25)5-6-18(26)22(16)27)15(8-12)13-2-1-3-14(13)19-9-28-10-20(29-19)23(30)31/h4-10H,1-3,11H2,(H,30,31). The van der Waals surface area contributed by atoms with Crippen LogP contribution >= 0.6 is 0 Å². The van der Waals surface area contributed by atoms with Gasteiger partial charge in [0.05, 0.1) is 23.7 Å². The van der Waals surface area contributed by atoms with Crippen molar-refractivity contribution < 1.29 is 32.2 Å². The number of carboxylic acids is 1. The molecule has 1 aromatic heterocycles. The Hall–Kier alpha value is -3.75. The number of aromatic nitrogens is 2. The van der Waals surface area contributed by atoms with Crippen LogP contribution in [0.1, 0.15) is 46.6 Å². The fraction of sp³-hybridized carbons (Fsp3) is 0.174. The van der Waals surface area contributed by atoms with Gasteiger partial charge >= 0.3 is 5.97 Å². The Labute approximate surface area is 180 Å². The van der Waals surface area contributed by atoms with Crippen LogP contribution < -0.4 is 4.74 Å². The molecule has 0 amide bonds. The lowest BCUT2D eigenvalue weighted by Gasteiger charge is -2.15. The zero-order chi connectivity index (χ0) is 22.8. The summed E-state index contributed by atoms with van der Waals surface area (Å²) in [5.41, 5.74) is 1.22. The molecule has 0 atom stereocenters. The van der Waals surface area contributed by atoms with Crippen molar-refractivity contribution in [3.05, 3.63) is 88.5 Å². The predicted octanol–water partition coefficient (Wildman–Crippen LogP) is 5.40. The van der Waals surface area contributed by atoms with Crippen LogP contribution in [-0.4, -0.2) is 21.0 Å². The third kappa shape index (κ3) is 4.18.